The molecule has 2 rings (SSSR count). The molecule has 2 fully saturated rings. The number of esters is 1. The second kappa shape index (κ2) is 4.71. The topological polar surface area (TPSA) is 68.2 Å². The standard InChI is InChI=1S/C9H14BNO5/c10-11-5-7(8(13)14-2-1-12)9(6-11)15-3-4-16-9/h7,12H,1-6H2. The second-order valence-electron chi connectivity index (χ2n) is 3.88. The molecule has 16 heavy (non-hydrogen) atoms. The van der Waals surface area contributed by atoms with Gasteiger partial charge in [-0.3, -0.25) is 4.79 Å². The lowest BCUT2D eigenvalue weighted by molar-refractivity contribution is -0.193. The number of carbonyl (C=O) groups is 1. The summed E-state index contributed by atoms with van der Waals surface area (Å²) in [4.78, 5) is 13.2. The number of nitrogens with zero attached hydrogens (tertiary/aromatic N) is 1. The third-order valence-corrected chi connectivity index (χ3v) is 2.77. The highest BCUT2D eigenvalue weighted by atomic mass is 16.7. The van der Waals surface area contributed by atoms with Crippen LogP contribution in [0.2, 0.25) is 0 Å². The molecule has 2 radical (unpaired) electrons. The molecule has 1 spiro atoms. The van der Waals surface area contributed by atoms with Gasteiger partial charge < -0.3 is 24.1 Å². The van der Waals surface area contributed by atoms with Crippen LogP contribution in [-0.2, 0) is 19.0 Å². The number of carbonyl (C=O) groups excluding carboxylic acids is 1. The van der Waals surface area contributed by atoms with Gasteiger partial charge in [0.25, 0.3) is 0 Å². The molecule has 2 saturated heterocycles. The van der Waals surface area contributed by atoms with E-state index in [9.17, 15) is 4.79 Å². The minimum absolute atomic E-state index is 0.0179. The van der Waals surface area contributed by atoms with E-state index in [1.54, 1.807) is 0 Å². The molecular weight excluding hydrogens is 213 g/mol. The van der Waals surface area contributed by atoms with Crippen molar-refractivity contribution in [2.24, 2.45) is 5.92 Å². The molecule has 2 aliphatic rings. The van der Waals surface area contributed by atoms with Crippen LogP contribution in [0.25, 0.3) is 0 Å². The third kappa shape index (κ3) is 2.08. The Bertz CT molecular complexity index is 269. The number of aliphatic hydroxyl groups is 1. The molecule has 0 bridgehead atoms. The van der Waals surface area contributed by atoms with Crippen molar-refractivity contribution in [1.82, 2.24) is 4.81 Å². The predicted molar refractivity (Wildman–Crippen MR) is 53.5 cm³/mol. The largest absolute Gasteiger partial charge is 0.463 e. The van der Waals surface area contributed by atoms with E-state index in [0.717, 1.165) is 0 Å². The Balaban J connectivity index is 2.03. The highest BCUT2D eigenvalue weighted by Crippen LogP contribution is 2.35. The zero-order valence-corrected chi connectivity index (χ0v) is 8.92. The molecule has 1 unspecified atom stereocenters. The first-order valence-electron chi connectivity index (χ1n) is 5.23. The van der Waals surface area contributed by atoms with Gasteiger partial charge in [-0.2, -0.15) is 0 Å². The highest BCUT2D eigenvalue weighted by molar-refractivity contribution is 6.05. The van der Waals surface area contributed by atoms with Crippen LogP contribution in [-0.4, -0.2) is 69.2 Å². The van der Waals surface area contributed by atoms with Crippen LogP contribution in [0.1, 0.15) is 0 Å². The number of hydrogen-bond donors (Lipinski definition) is 1. The van der Waals surface area contributed by atoms with Gasteiger partial charge in [0.05, 0.1) is 19.8 Å². The summed E-state index contributed by atoms with van der Waals surface area (Å²) in [6.07, 6.45) is 0. The molecule has 0 aromatic heterocycles. The second-order valence-corrected chi connectivity index (χ2v) is 3.88. The first kappa shape index (κ1) is 11.8. The van der Waals surface area contributed by atoms with Crippen molar-refractivity contribution >= 4 is 14.0 Å². The fourth-order valence-electron chi connectivity index (χ4n) is 2.10. The van der Waals surface area contributed by atoms with Gasteiger partial charge in [0.2, 0.25) is 0 Å². The molecule has 2 heterocycles. The van der Waals surface area contributed by atoms with Crippen LogP contribution in [0.5, 0.6) is 0 Å². The Morgan fingerprint density at radius 2 is 2.25 bits per heavy atom. The van der Waals surface area contributed by atoms with Gasteiger partial charge in [-0.15, -0.1) is 0 Å². The molecule has 0 aliphatic carbocycles. The van der Waals surface area contributed by atoms with Gasteiger partial charge in [0, 0.05) is 13.1 Å². The first-order chi connectivity index (χ1) is 7.68. The van der Waals surface area contributed by atoms with Gasteiger partial charge in [-0.05, 0) is 0 Å². The Kier molecular flexibility index (Phi) is 3.49. The van der Waals surface area contributed by atoms with E-state index in [1.807, 2.05) is 0 Å². The van der Waals surface area contributed by atoms with E-state index in [1.165, 1.54) is 4.81 Å². The maximum absolute atomic E-state index is 11.7. The van der Waals surface area contributed by atoms with Crippen molar-refractivity contribution in [3.05, 3.63) is 0 Å². The summed E-state index contributed by atoms with van der Waals surface area (Å²) in [7, 11) is 5.66. The van der Waals surface area contributed by atoms with E-state index in [4.69, 9.17) is 27.3 Å². The summed E-state index contributed by atoms with van der Waals surface area (Å²) in [5, 5.41) is 8.59. The molecule has 88 valence electrons. The minimum atomic E-state index is -0.957. The zero-order valence-electron chi connectivity index (χ0n) is 8.92. The molecule has 0 aromatic carbocycles. The smallest absolute Gasteiger partial charge is 0.315 e. The quantitative estimate of drug-likeness (QED) is 0.457. The summed E-state index contributed by atoms with van der Waals surface area (Å²) >= 11 is 0. The lowest BCUT2D eigenvalue weighted by Crippen LogP contribution is -2.43. The molecule has 1 N–H and O–H groups in total. The number of hydrogen-bond acceptors (Lipinski definition) is 6. The van der Waals surface area contributed by atoms with Crippen LogP contribution >= 0.6 is 0 Å². The molecule has 6 nitrogen and oxygen atoms in total. The predicted octanol–water partition coefficient (Wildman–Crippen LogP) is -1.72. The normalized spacial score (nSPS) is 28.7. The number of ether oxygens (including phenoxy) is 3. The molecule has 2 aliphatic heterocycles. The minimum Gasteiger partial charge on any atom is -0.463 e. The van der Waals surface area contributed by atoms with Crippen LogP contribution in [0.15, 0.2) is 0 Å². The lowest BCUT2D eigenvalue weighted by atomic mass is 10.0. The monoisotopic (exact) mass is 227 g/mol. The average Bonchev–Trinajstić information content (AvgIpc) is 2.84. The van der Waals surface area contributed by atoms with E-state index < -0.39 is 17.7 Å². The Labute approximate surface area is 94.9 Å². The zero-order chi connectivity index (χ0) is 11.6. The molecule has 1 atom stereocenters. The van der Waals surface area contributed by atoms with Gasteiger partial charge >= 0.3 is 5.97 Å². The van der Waals surface area contributed by atoms with Gasteiger partial charge in [0.1, 0.15) is 12.5 Å². The van der Waals surface area contributed by atoms with Gasteiger partial charge in [0.15, 0.2) is 13.8 Å². The van der Waals surface area contributed by atoms with E-state index >= 15 is 0 Å². The maximum Gasteiger partial charge on any atom is 0.315 e. The van der Waals surface area contributed by atoms with Crippen LogP contribution in [0.4, 0.5) is 0 Å². The van der Waals surface area contributed by atoms with Crippen LogP contribution in [0, 0.1) is 5.92 Å². The first-order valence-corrected chi connectivity index (χ1v) is 5.23. The molecule has 0 saturated carbocycles. The van der Waals surface area contributed by atoms with E-state index in [-0.39, 0.29) is 13.2 Å². The van der Waals surface area contributed by atoms with Crippen molar-refractivity contribution in [2.45, 2.75) is 5.79 Å². The van der Waals surface area contributed by atoms with Crippen molar-refractivity contribution in [1.29, 1.82) is 0 Å². The summed E-state index contributed by atoms with van der Waals surface area (Å²) in [6.45, 7) is 1.39. The SMILES string of the molecule is [B]N1CC(C(=O)OCCO)C2(C1)OCCO2. The van der Waals surface area contributed by atoms with Crippen LogP contribution in [0.3, 0.4) is 0 Å². The van der Waals surface area contributed by atoms with Gasteiger partial charge in [-0.25, -0.2) is 0 Å². The Hall–Kier alpha value is -0.625. The van der Waals surface area contributed by atoms with Crippen molar-refractivity contribution < 1.29 is 24.1 Å². The summed E-state index contributed by atoms with van der Waals surface area (Å²) in [5.74, 6) is -1.95. The molecule has 0 aromatic rings. The Morgan fingerprint density at radius 1 is 1.56 bits per heavy atom. The molecule has 0 amide bonds. The van der Waals surface area contributed by atoms with E-state index in [0.29, 0.717) is 26.3 Å². The highest BCUT2D eigenvalue weighted by Gasteiger charge is 2.54. The maximum atomic E-state index is 11.7. The summed E-state index contributed by atoms with van der Waals surface area (Å²) in [6, 6.07) is 0. The number of aliphatic hydroxyl groups excluding tert-OH is 1. The van der Waals surface area contributed by atoms with Crippen molar-refractivity contribution in [3.63, 3.8) is 0 Å². The number of rotatable bonds is 3. The van der Waals surface area contributed by atoms with Gasteiger partial charge in [-0.1, -0.05) is 0 Å². The fraction of sp³-hybridized carbons (Fsp3) is 0.889. The van der Waals surface area contributed by atoms with Crippen LogP contribution < -0.4 is 0 Å². The fourth-order valence-corrected chi connectivity index (χ4v) is 2.10. The molecular formula is C9H14BNO5. The lowest BCUT2D eigenvalue weighted by Gasteiger charge is -2.26. The van der Waals surface area contributed by atoms with E-state index in [2.05, 4.69) is 0 Å². The third-order valence-electron chi connectivity index (χ3n) is 2.77. The Morgan fingerprint density at radius 3 is 2.88 bits per heavy atom. The average molecular weight is 227 g/mol. The summed E-state index contributed by atoms with van der Waals surface area (Å²) in [5.41, 5.74) is 0. The van der Waals surface area contributed by atoms with Crippen molar-refractivity contribution in [2.75, 3.05) is 39.5 Å². The van der Waals surface area contributed by atoms with Crippen molar-refractivity contribution in [3.8, 4) is 0 Å². The summed E-state index contributed by atoms with van der Waals surface area (Å²) < 4.78 is 15.8. The molecule has 7 heteroatoms.